The molecule has 1 amide bonds. The molecule has 1 saturated heterocycles. The van der Waals surface area contributed by atoms with Crippen LogP contribution in [0.4, 0.5) is 10.9 Å². The molecule has 2 aromatic heterocycles. The number of nitrogens with zero attached hydrogens (tertiary/aromatic N) is 3. The van der Waals surface area contributed by atoms with Crippen molar-refractivity contribution in [1.82, 2.24) is 9.97 Å². The fourth-order valence-electron chi connectivity index (χ4n) is 2.99. The normalized spacial score (nSPS) is 14.1. The number of thiazole rings is 1. The number of anilines is 2. The van der Waals surface area contributed by atoms with Crippen LogP contribution in [-0.2, 0) is 4.74 Å². The summed E-state index contributed by atoms with van der Waals surface area (Å²) in [6.07, 6.45) is 3.76. The number of pyridine rings is 1. The van der Waals surface area contributed by atoms with Crippen LogP contribution in [0.25, 0.3) is 11.3 Å². The smallest absolute Gasteiger partial charge is 0.261 e. The molecule has 6 nitrogen and oxygen atoms in total. The molecule has 1 fully saturated rings. The molecule has 1 N–H and O–H groups in total. The number of aromatic nitrogens is 2. The third kappa shape index (κ3) is 4.19. The van der Waals surface area contributed by atoms with Crippen molar-refractivity contribution in [3.63, 3.8) is 0 Å². The van der Waals surface area contributed by atoms with Crippen LogP contribution in [0.15, 0.2) is 52.9 Å². The monoisotopic (exact) mass is 412 g/mol. The van der Waals surface area contributed by atoms with Gasteiger partial charge in [-0.15, -0.1) is 23.1 Å². The standard InChI is InChI=1S/C20H20N4O2S2/c1-27-15-6-4-14(5-7-15)17-13-28-20(22-17)23-19(25)16-3-2-8-21-18(16)24-9-11-26-12-10-24/h2-8,13H,9-12H2,1H3,(H,22,23,25). The highest BCUT2D eigenvalue weighted by atomic mass is 32.2. The Bertz CT molecular complexity index is 953. The van der Waals surface area contributed by atoms with Crippen molar-refractivity contribution in [2.75, 3.05) is 42.8 Å². The van der Waals surface area contributed by atoms with Crippen molar-refractivity contribution in [2.45, 2.75) is 4.90 Å². The Hall–Kier alpha value is -2.42. The molecule has 0 atom stereocenters. The van der Waals surface area contributed by atoms with Crippen LogP contribution in [0.5, 0.6) is 0 Å². The average molecular weight is 413 g/mol. The zero-order chi connectivity index (χ0) is 19.3. The lowest BCUT2D eigenvalue weighted by Gasteiger charge is -2.29. The summed E-state index contributed by atoms with van der Waals surface area (Å²) in [5, 5.41) is 5.45. The van der Waals surface area contributed by atoms with E-state index in [1.165, 1.54) is 16.2 Å². The minimum atomic E-state index is -0.201. The molecule has 0 spiro atoms. The fourth-order valence-corrected chi connectivity index (χ4v) is 4.11. The Labute approximate surface area is 172 Å². The molecular formula is C20H20N4O2S2. The Morgan fingerprint density at radius 3 is 2.75 bits per heavy atom. The molecule has 4 rings (SSSR count). The zero-order valence-corrected chi connectivity index (χ0v) is 17.1. The maximum atomic E-state index is 12.9. The second-order valence-corrected chi connectivity index (χ2v) is 7.93. The van der Waals surface area contributed by atoms with E-state index in [9.17, 15) is 4.79 Å². The van der Waals surface area contributed by atoms with Gasteiger partial charge in [-0.05, 0) is 30.5 Å². The summed E-state index contributed by atoms with van der Waals surface area (Å²) in [6, 6.07) is 11.8. The molecule has 1 aliphatic rings. The first kappa shape index (κ1) is 18.9. The highest BCUT2D eigenvalue weighted by Crippen LogP contribution is 2.27. The lowest BCUT2D eigenvalue weighted by atomic mass is 10.2. The molecule has 0 radical (unpaired) electrons. The van der Waals surface area contributed by atoms with E-state index in [1.807, 2.05) is 17.5 Å². The van der Waals surface area contributed by atoms with Gasteiger partial charge in [-0.1, -0.05) is 12.1 Å². The second-order valence-electron chi connectivity index (χ2n) is 6.19. The van der Waals surface area contributed by atoms with E-state index < -0.39 is 0 Å². The van der Waals surface area contributed by atoms with Crippen LogP contribution < -0.4 is 10.2 Å². The highest BCUT2D eigenvalue weighted by molar-refractivity contribution is 7.98. The van der Waals surface area contributed by atoms with E-state index in [0.29, 0.717) is 29.7 Å². The van der Waals surface area contributed by atoms with Gasteiger partial charge in [-0.3, -0.25) is 10.1 Å². The zero-order valence-electron chi connectivity index (χ0n) is 15.4. The number of morpholine rings is 1. The lowest BCUT2D eigenvalue weighted by Crippen LogP contribution is -2.38. The van der Waals surface area contributed by atoms with Crippen LogP contribution in [0.2, 0.25) is 0 Å². The molecule has 1 aromatic carbocycles. The first-order valence-corrected chi connectivity index (χ1v) is 11.0. The molecule has 0 bridgehead atoms. The minimum absolute atomic E-state index is 0.201. The van der Waals surface area contributed by atoms with Gasteiger partial charge in [0, 0.05) is 35.1 Å². The highest BCUT2D eigenvalue weighted by Gasteiger charge is 2.20. The number of hydrogen-bond donors (Lipinski definition) is 1. The van der Waals surface area contributed by atoms with Crippen molar-refractivity contribution in [2.24, 2.45) is 0 Å². The third-order valence-electron chi connectivity index (χ3n) is 4.45. The van der Waals surface area contributed by atoms with Crippen molar-refractivity contribution in [3.8, 4) is 11.3 Å². The largest absolute Gasteiger partial charge is 0.378 e. The molecular weight excluding hydrogens is 392 g/mol. The van der Waals surface area contributed by atoms with Crippen molar-refractivity contribution in [1.29, 1.82) is 0 Å². The van der Waals surface area contributed by atoms with E-state index in [-0.39, 0.29) is 5.91 Å². The molecule has 8 heteroatoms. The average Bonchev–Trinajstić information content (AvgIpc) is 3.23. The minimum Gasteiger partial charge on any atom is -0.378 e. The molecule has 0 unspecified atom stereocenters. The summed E-state index contributed by atoms with van der Waals surface area (Å²) >= 11 is 3.12. The predicted octanol–water partition coefficient (Wildman–Crippen LogP) is 4.02. The summed E-state index contributed by atoms with van der Waals surface area (Å²) < 4.78 is 5.40. The number of amides is 1. The molecule has 3 aromatic rings. The number of carbonyl (C=O) groups is 1. The summed E-state index contributed by atoms with van der Waals surface area (Å²) in [6.45, 7) is 2.74. The van der Waals surface area contributed by atoms with Crippen LogP contribution in [0.1, 0.15) is 10.4 Å². The molecule has 1 aliphatic heterocycles. The number of thioether (sulfide) groups is 1. The van der Waals surface area contributed by atoms with Gasteiger partial charge >= 0.3 is 0 Å². The van der Waals surface area contributed by atoms with Crippen LogP contribution >= 0.6 is 23.1 Å². The van der Waals surface area contributed by atoms with Crippen molar-refractivity contribution in [3.05, 3.63) is 53.5 Å². The van der Waals surface area contributed by atoms with Crippen LogP contribution in [0, 0.1) is 0 Å². The Balaban J connectivity index is 1.51. The van der Waals surface area contributed by atoms with Gasteiger partial charge in [0.2, 0.25) is 0 Å². The van der Waals surface area contributed by atoms with Gasteiger partial charge < -0.3 is 9.64 Å². The Morgan fingerprint density at radius 2 is 2.00 bits per heavy atom. The maximum Gasteiger partial charge on any atom is 0.261 e. The van der Waals surface area contributed by atoms with Crippen molar-refractivity contribution >= 4 is 40.0 Å². The Morgan fingerprint density at radius 1 is 1.21 bits per heavy atom. The van der Waals surface area contributed by atoms with Gasteiger partial charge in [0.1, 0.15) is 5.82 Å². The van der Waals surface area contributed by atoms with Gasteiger partial charge in [-0.2, -0.15) is 0 Å². The van der Waals surface area contributed by atoms with Gasteiger partial charge in [0.15, 0.2) is 5.13 Å². The molecule has 0 saturated carbocycles. The van der Waals surface area contributed by atoms with E-state index >= 15 is 0 Å². The SMILES string of the molecule is CSc1ccc(-c2csc(NC(=O)c3cccnc3N3CCOCC3)n2)cc1. The number of carbonyl (C=O) groups excluding carboxylic acids is 1. The van der Waals surface area contributed by atoms with E-state index in [0.717, 1.165) is 24.3 Å². The van der Waals surface area contributed by atoms with E-state index in [4.69, 9.17) is 4.74 Å². The number of benzene rings is 1. The van der Waals surface area contributed by atoms with E-state index in [2.05, 4.69) is 38.6 Å². The molecule has 0 aliphatic carbocycles. The second kappa shape index (κ2) is 8.72. The summed E-state index contributed by atoms with van der Waals surface area (Å²) in [5.74, 6) is 0.487. The predicted molar refractivity (Wildman–Crippen MR) is 115 cm³/mol. The fraction of sp³-hybridized carbons (Fsp3) is 0.250. The maximum absolute atomic E-state index is 12.9. The number of rotatable bonds is 5. The van der Waals surface area contributed by atoms with Crippen LogP contribution in [-0.4, -0.2) is 48.4 Å². The topological polar surface area (TPSA) is 67.4 Å². The summed E-state index contributed by atoms with van der Waals surface area (Å²) in [7, 11) is 0. The van der Waals surface area contributed by atoms with Gasteiger partial charge in [-0.25, -0.2) is 9.97 Å². The lowest BCUT2D eigenvalue weighted by molar-refractivity contribution is 0.102. The first-order valence-electron chi connectivity index (χ1n) is 8.93. The van der Waals surface area contributed by atoms with Crippen molar-refractivity contribution < 1.29 is 9.53 Å². The van der Waals surface area contributed by atoms with Crippen LogP contribution in [0.3, 0.4) is 0 Å². The van der Waals surface area contributed by atoms with E-state index in [1.54, 1.807) is 30.1 Å². The third-order valence-corrected chi connectivity index (χ3v) is 5.95. The molecule has 3 heterocycles. The summed E-state index contributed by atoms with van der Waals surface area (Å²) in [5.41, 5.74) is 2.43. The van der Waals surface area contributed by atoms with Gasteiger partial charge in [0.25, 0.3) is 5.91 Å². The molecule has 28 heavy (non-hydrogen) atoms. The number of hydrogen-bond acceptors (Lipinski definition) is 7. The van der Waals surface area contributed by atoms with Gasteiger partial charge in [0.05, 0.1) is 24.5 Å². The molecule has 144 valence electrons. The number of ether oxygens (including phenoxy) is 1. The number of nitrogens with one attached hydrogen (secondary N) is 1. The Kier molecular flexibility index (Phi) is 5.90. The summed E-state index contributed by atoms with van der Waals surface area (Å²) in [4.78, 5) is 25.1. The quantitative estimate of drug-likeness (QED) is 0.639. The first-order chi connectivity index (χ1) is 13.7.